The highest BCUT2D eigenvalue weighted by Crippen LogP contribution is 2.59. The second-order valence-electron chi connectivity index (χ2n) is 10.9. The highest BCUT2D eigenvalue weighted by atomic mass is 19.4. The van der Waals surface area contributed by atoms with E-state index in [0.717, 1.165) is 12.1 Å². The molecule has 0 spiro atoms. The zero-order valence-electron chi connectivity index (χ0n) is 24.5. The lowest BCUT2D eigenvalue weighted by atomic mass is 10.0. The van der Waals surface area contributed by atoms with Crippen molar-refractivity contribution < 1.29 is 56.2 Å². The average Bonchev–Trinajstić information content (AvgIpc) is 3.71. The van der Waals surface area contributed by atoms with Gasteiger partial charge in [0, 0.05) is 35.7 Å². The van der Waals surface area contributed by atoms with Gasteiger partial charge in [-0.25, -0.2) is 9.37 Å². The minimum absolute atomic E-state index is 0.00499. The molecule has 1 N–H and O–H groups in total. The number of carboxylic acid groups (broad SMARTS) is 2. The largest absolute Gasteiger partial charge is 0.550 e. The summed E-state index contributed by atoms with van der Waals surface area (Å²) in [6.45, 7) is 0.0385. The van der Waals surface area contributed by atoms with E-state index in [0.29, 0.717) is 16.6 Å². The van der Waals surface area contributed by atoms with Gasteiger partial charge in [-0.05, 0) is 50.2 Å². The normalized spacial score (nSPS) is 13.7. The molecular formula is C31H26F4N4O8-2. The quantitative estimate of drug-likeness (QED) is 0.147. The fourth-order valence-electron chi connectivity index (χ4n) is 4.75. The Morgan fingerprint density at radius 1 is 0.936 bits per heavy atom. The Morgan fingerprint density at radius 2 is 1.57 bits per heavy atom. The van der Waals surface area contributed by atoms with E-state index >= 15 is 4.39 Å². The zero-order chi connectivity index (χ0) is 33.8. The molecule has 16 heteroatoms. The maximum atomic E-state index is 15.1. The van der Waals surface area contributed by atoms with Crippen molar-refractivity contribution in [2.45, 2.75) is 56.5 Å². The van der Waals surface area contributed by atoms with Crippen molar-refractivity contribution in [2.75, 3.05) is 18.5 Å². The lowest BCUT2D eigenvalue weighted by Crippen LogP contribution is -2.28. The molecule has 1 aliphatic carbocycles. The molecule has 2 aromatic heterocycles. The number of ether oxygens (including phenoxy) is 2. The molecule has 1 amide bonds. The Labute approximate surface area is 263 Å². The lowest BCUT2D eigenvalue weighted by Gasteiger charge is -2.15. The molecular weight excluding hydrogens is 632 g/mol. The molecule has 0 saturated heterocycles. The van der Waals surface area contributed by atoms with Gasteiger partial charge in [0.2, 0.25) is 5.91 Å². The number of carboxylic acids is 2. The fourth-order valence-corrected chi connectivity index (χ4v) is 4.75. The maximum absolute atomic E-state index is 15.1. The van der Waals surface area contributed by atoms with Gasteiger partial charge in [0.25, 0.3) is 0 Å². The Kier molecular flexibility index (Phi) is 9.58. The number of aliphatic carboxylic acids is 2. The van der Waals surface area contributed by atoms with Crippen LogP contribution in [0.1, 0.15) is 49.8 Å². The Hall–Kier alpha value is -5.28. The molecule has 0 bridgehead atoms. The van der Waals surface area contributed by atoms with Crippen LogP contribution in [0, 0.1) is 5.82 Å². The Balaban J connectivity index is 1.28. The van der Waals surface area contributed by atoms with Gasteiger partial charge in [-0.3, -0.25) is 9.78 Å². The van der Waals surface area contributed by atoms with Crippen LogP contribution >= 0.6 is 0 Å². The van der Waals surface area contributed by atoms with Crippen LogP contribution in [0.25, 0.3) is 22.3 Å². The summed E-state index contributed by atoms with van der Waals surface area (Å²) in [6, 6.07) is 8.08. The number of rotatable bonds is 15. The third kappa shape index (κ3) is 7.93. The van der Waals surface area contributed by atoms with E-state index in [1.165, 1.54) is 30.5 Å². The third-order valence-electron chi connectivity index (χ3n) is 7.42. The highest BCUT2D eigenvalue weighted by Gasteiger charge is 2.66. The fraction of sp³-hybridized carbons (Fsp3) is 0.355. The standard InChI is InChI=1S/C31H28F4N4O8/c32-19-11-18(6-5-17(19)12-27(40)38-26-15-25(47-39-26)30(7-8-30)31(33,34)35)22-16-36-20-13-23(45-9-1-3-28(41)42)24(14-21(20)37-22)46-10-2-4-29(43)44/h5-6,11,13-16H,1-4,7-10,12H2,(H,41,42)(H,43,44)(H,38,39,40)/p-2. The predicted octanol–water partition coefficient (Wildman–Crippen LogP) is 3.02. The SMILES string of the molecule is O=C([O-])CCCOc1cc2ncc(-c3ccc(CC(=O)Nc4cc(C5(C(F)(F)F)CC5)on4)c(F)c3)nc2cc1OCCCC(=O)[O-]. The number of fused-ring (bicyclic) bond motifs is 1. The van der Waals surface area contributed by atoms with Gasteiger partial charge in [-0.15, -0.1) is 0 Å². The van der Waals surface area contributed by atoms with Crippen LogP contribution in [-0.2, 0) is 26.2 Å². The number of aromatic nitrogens is 3. The van der Waals surface area contributed by atoms with Crippen LogP contribution in [-0.4, -0.2) is 52.4 Å². The molecule has 248 valence electrons. The van der Waals surface area contributed by atoms with Crippen molar-refractivity contribution in [3.63, 3.8) is 0 Å². The summed E-state index contributed by atoms with van der Waals surface area (Å²) in [5.41, 5.74) is -0.796. The number of alkyl halides is 3. The van der Waals surface area contributed by atoms with Gasteiger partial charge >= 0.3 is 6.18 Å². The third-order valence-corrected chi connectivity index (χ3v) is 7.42. The summed E-state index contributed by atoms with van der Waals surface area (Å²) in [6.07, 6.45) is -3.95. The van der Waals surface area contributed by atoms with Gasteiger partial charge in [-0.2, -0.15) is 13.2 Å². The van der Waals surface area contributed by atoms with Crippen molar-refractivity contribution in [3.05, 3.63) is 59.7 Å². The van der Waals surface area contributed by atoms with Crippen LogP contribution in [0.4, 0.5) is 23.4 Å². The smallest absolute Gasteiger partial charge is 0.401 e. The number of hydrogen-bond donors (Lipinski definition) is 1. The molecule has 1 saturated carbocycles. The number of nitrogens with zero attached hydrogens (tertiary/aromatic N) is 3. The molecule has 4 aromatic rings. The Morgan fingerprint density at radius 3 is 2.15 bits per heavy atom. The first-order valence-electron chi connectivity index (χ1n) is 14.4. The number of amides is 1. The predicted molar refractivity (Wildman–Crippen MR) is 150 cm³/mol. The number of anilines is 1. The first-order chi connectivity index (χ1) is 22.3. The monoisotopic (exact) mass is 658 g/mol. The zero-order valence-corrected chi connectivity index (χ0v) is 24.5. The van der Waals surface area contributed by atoms with Crippen LogP contribution in [0.3, 0.4) is 0 Å². The maximum Gasteiger partial charge on any atom is 0.401 e. The lowest BCUT2D eigenvalue weighted by molar-refractivity contribution is -0.307. The van der Waals surface area contributed by atoms with Gasteiger partial charge in [-0.1, -0.05) is 17.3 Å². The minimum atomic E-state index is -4.51. The van der Waals surface area contributed by atoms with Crippen LogP contribution in [0.5, 0.6) is 11.5 Å². The second kappa shape index (κ2) is 13.6. The molecule has 0 radical (unpaired) electrons. The van der Waals surface area contributed by atoms with Gasteiger partial charge in [0.15, 0.2) is 23.1 Å². The van der Waals surface area contributed by atoms with Crippen molar-refractivity contribution >= 4 is 34.7 Å². The number of benzene rings is 2. The van der Waals surface area contributed by atoms with E-state index in [4.69, 9.17) is 14.0 Å². The van der Waals surface area contributed by atoms with Crippen LogP contribution in [0.2, 0.25) is 0 Å². The first kappa shape index (κ1) is 33.1. The summed E-state index contributed by atoms with van der Waals surface area (Å²) in [5, 5.41) is 27.3. The number of carbonyl (C=O) groups is 3. The molecule has 0 unspecified atom stereocenters. The van der Waals surface area contributed by atoms with Crippen molar-refractivity contribution in [3.8, 4) is 22.8 Å². The van der Waals surface area contributed by atoms with Gasteiger partial charge < -0.3 is 39.1 Å². The minimum Gasteiger partial charge on any atom is -0.550 e. The van der Waals surface area contributed by atoms with E-state index in [-0.39, 0.29) is 86.1 Å². The molecule has 1 aliphatic rings. The Bertz CT molecular complexity index is 1810. The van der Waals surface area contributed by atoms with Crippen molar-refractivity contribution in [1.29, 1.82) is 0 Å². The summed E-state index contributed by atoms with van der Waals surface area (Å²) in [5.74, 6) is -4.09. The van der Waals surface area contributed by atoms with E-state index in [9.17, 15) is 37.8 Å². The first-order valence-corrected chi connectivity index (χ1v) is 14.4. The average molecular weight is 659 g/mol. The molecule has 2 aromatic carbocycles. The topological polar surface area (TPSA) is 180 Å². The highest BCUT2D eigenvalue weighted by molar-refractivity contribution is 5.91. The number of halogens is 4. The summed E-state index contributed by atoms with van der Waals surface area (Å²) in [4.78, 5) is 42.8. The van der Waals surface area contributed by atoms with E-state index < -0.39 is 41.7 Å². The molecule has 2 heterocycles. The molecule has 0 atom stereocenters. The summed E-state index contributed by atoms with van der Waals surface area (Å²) < 4.78 is 71.3. The van der Waals surface area contributed by atoms with Gasteiger partial charge in [0.05, 0.1) is 42.6 Å². The molecule has 47 heavy (non-hydrogen) atoms. The molecule has 12 nitrogen and oxygen atoms in total. The number of carbonyl (C=O) groups excluding carboxylic acids is 3. The van der Waals surface area contributed by atoms with Crippen LogP contribution in [0.15, 0.2) is 47.1 Å². The van der Waals surface area contributed by atoms with Gasteiger partial charge in [0.1, 0.15) is 11.2 Å². The number of hydrogen-bond acceptors (Lipinski definition) is 11. The van der Waals surface area contributed by atoms with Crippen LogP contribution < -0.4 is 25.0 Å². The molecule has 5 rings (SSSR count). The van der Waals surface area contributed by atoms with E-state index in [2.05, 4.69) is 20.4 Å². The van der Waals surface area contributed by atoms with Crippen molar-refractivity contribution in [2.24, 2.45) is 0 Å². The van der Waals surface area contributed by atoms with Crippen molar-refractivity contribution in [1.82, 2.24) is 15.1 Å². The second-order valence-corrected chi connectivity index (χ2v) is 10.9. The molecule has 0 aliphatic heterocycles. The number of nitrogens with one attached hydrogen (secondary N) is 1. The summed E-state index contributed by atoms with van der Waals surface area (Å²) in [7, 11) is 0. The molecule has 1 fully saturated rings. The van der Waals surface area contributed by atoms with E-state index in [1.54, 1.807) is 0 Å². The summed E-state index contributed by atoms with van der Waals surface area (Å²) >= 11 is 0. The van der Waals surface area contributed by atoms with E-state index in [1.807, 2.05) is 0 Å².